The number of carbonyl (C=O) groups excluding carboxylic acids is 2. The van der Waals surface area contributed by atoms with Crippen LogP contribution in [-0.2, 0) is 9.53 Å². The van der Waals surface area contributed by atoms with Crippen molar-refractivity contribution < 1.29 is 23.5 Å². The Morgan fingerprint density at radius 1 is 1.30 bits per heavy atom. The second-order valence-corrected chi connectivity index (χ2v) is 5.65. The van der Waals surface area contributed by atoms with Crippen LogP contribution in [0.25, 0.3) is 0 Å². The Balaban J connectivity index is 2.18. The molecular formula is C16H16FNO4S. The number of benzene rings is 1. The summed E-state index contributed by atoms with van der Waals surface area (Å²) in [4.78, 5) is 24.6. The second-order valence-electron chi connectivity index (χ2n) is 4.67. The summed E-state index contributed by atoms with van der Waals surface area (Å²) in [5.41, 5.74) is -0.114. The van der Waals surface area contributed by atoms with E-state index >= 15 is 0 Å². The quantitative estimate of drug-likeness (QED) is 0.823. The first-order valence-electron chi connectivity index (χ1n) is 6.79. The number of carbonyl (C=O) groups is 2. The number of nitrogens with one attached hydrogen (secondary N) is 1. The molecule has 7 heteroatoms. The van der Waals surface area contributed by atoms with Gasteiger partial charge in [0.2, 0.25) is 0 Å². The SMILES string of the molecule is COC(=O)CC(NC(=O)c1ccc(OC)cc1F)c1cccs1. The molecule has 1 N–H and O–H groups in total. The highest BCUT2D eigenvalue weighted by Crippen LogP contribution is 2.24. The Morgan fingerprint density at radius 3 is 2.65 bits per heavy atom. The van der Waals surface area contributed by atoms with Crippen LogP contribution in [0.15, 0.2) is 35.7 Å². The van der Waals surface area contributed by atoms with Crippen LogP contribution in [0.5, 0.6) is 5.75 Å². The van der Waals surface area contributed by atoms with E-state index in [1.165, 1.54) is 37.7 Å². The highest BCUT2D eigenvalue weighted by atomic mass is 32.1. The molecule has 1 aromatic carbocycles. The fourth-order valence-electron chi connectivity index (χ4n) is 2.01. The fraction of sp³-hybridized carbons (Fsp3) is 0.250. The summed E-state index contributed by atoms with van der Waals surface area (Å²) in [5, 5.41) is 4.50. The Morgan fingerprint density at radius 2 is 2.09 bits per heavy atom. The van der Waals surface area contributed by atoms with Gasteiger partial charge in [0.1, 0.15) is 11.6 Å². The van der Waals surface area contributed by atoms with Crippen molar-refractivity contribution in [3.63, 3.8) is 0 Å². The van der Waals surface area contributed by atoms with Crippen LogP contribution in [0, 0.1) is 5.82 Å². The Kier molecular flexibility index (Phi) is 5.70. The lowest BCUT2D eigenvalue weighted by Crippen LogP contribution is -2.30. The van der Waals surface area contributed by atoms with E-state index in [1.807, 2.05) is 11.4 Å². The van der Waals surface area contributed by atoms with Crippen molar-refractivity contribution in [3.8, 4) is 5.75 Å². The van der Waals surface area contributed by atoms with Crippen molar-refractivity contribution in [2.45, 2.75) is 12.5 Å². The van der Waals surface area contributed by atoms with Gasteiger partial charge in [-0.25, -0.2) is 4.39 Å². The van der Waals surface area contributed by atoms with Gasteiger partial charge in [-0.05, 0) is 23.6 Å². The van der Waals surface area contributed by atoms with Gasteiger partial charge in [-0.3, -0.25) is 9.59 Å². The van der Waals surface area contributed by atoms with Crippen molar-refractivity contribution in [2.75, 3.05) is 14.2 Å². The standard InChI is InChI=1S/C16H16FNO4S/c1-21-10-5-6-11(12(17)8-10)16(20)18-13(9-15(19)22-2)14-4-3-7-23-14/h3-8,13H,9H2,1-2H3,(H,18,20). The predicted octanol–water partition coefficient (Wildman–Crippen LogP) is 2.93. The van der Waals surface area contributed by atoms with Gasteiger partial charge in [0, 0.05) is 10.9 Å². The molecule has 0 aliphatic heterocycles. The summed E-state index contributed by atoms with van der Waals surface area (Å²) in [6.45, 7) is 0. The zero-order chi connectivity index (χ0) is 16.8. The molecule has 0 radical (unpaired) electrons. The summed E-state index contributed by atoms with van der Waals surface area (Å²) < 4.78 is 23.5. The topological polar surface area (TPSA) is 64.6 Å². The number of rotatable bonds is 6. The largest absolute Gasteiger partial charge is 0.497 e. The minimum atomic E-state index is -0.690. The minimum Gasteiger partial charge on any atom is -0.497 e. The number of halogens is 1. The average molecular weight is 337 g/mol. The highest BCUT2D eigenvalue weighted by molar-refractivity contribution is 7.10. The maximum Gasteiger partial charge on any atom is 0.307 e. The number of esters is 1. The normalized spacial score (nSPS) is 11.6. The zero-order valence-electron chi connectivity index (χ0n) is 12.7. The van der Waals surface area contributed by atoms with E-state index in [2.05, 4.69) is 10.1 Å². The van der Waals surface area contributed by atoms with Gasteiger partial charge >= 0.3 is 5.97 Å². The maximum absolute atomic E-state index is 14.0. The maximum atomic E-state index is 14.0. The molecule has 23 heavy (non-hydrogen) atoms. The molecule has 1 heterocycles. The molecular weight excluding hydrogens is 321 g/mol. The van der Waals surface area contributed by atoms with Crippen LogP contribution in [0.3, 0.4) is 0 Å². The molecule has 0 fully saturated rings. The third kappa shape index (κ3) is 4.29. The Hall–Kier alpha value is -2.41. The second kappa shape index (κ2) is 7.73. The van der Waals surface area contributed by atoms with E-state index in [9.17, 15) is 14.0 Å². The molecule has 5 nitrogen and oxygen atoms in total. The van der Waals surface area contributed by atoms with Gasteiger partial charge in [-0.1, -0.05) is 6.07 Å². The minimum absolute atomic E-state index is 0.0273. The molecule has 1 unspecified atom stereocenters. The molecule has 0 bridgehead atoms. The van der Waals surface area contributed by atoms with E-state index in [0.717, 1.165) is 10.9 Å². The summed E-state index contributed by atoms with van der Waals surface area (Å²) >= 11 is 1.39. The van der Waals surface area contributed by atoms with Gasteiger partial charge in [0.25, 0.3) is 5.91 Å². The molecule has 0 saturated heterocycles. The predicted molar refractivity (Wildman–Crippen MR) is 84.1 cm³/mol. The smallest absolute Gasteiger partial charge is 0.307 e. The molecule has 2 aromatic rings. The lowest BCUT2D eigenvalue weighted by atomic mass is 10.1. The Bertz CT molecular complexity index is 687. The number of hydrogen-bond donors (Lipinski definition) is 1. The number of hydrogen-bond acceptors (Lipinski definition) is 5. The summed E-state index contributed by atoms with van der Waals surface area (Å²) in [7, 11) is 2.69. The van der Waals surface area contributed by atoms with Gasteiger partial charge in [0.05, 0.1) is 32.2 Å². The first-order valence-corrected chi connectivity index (χ1v) is 7.67. The molecule has 0 aliphatic rings. The Labute approximate surface area is 137 Å². The van der Waals surface area contributed by atoms with Crippen LogP contribution in [-0.4, -0.2) is 26.1 Å². The third-order valence-corrected chi connectivity index (χ3v) is 4.20. The lowest BCUT2D eigenvalue weighted by molar-refractivity contribution is -0.141. The molecule has 122 valence electrons. The van der Waals surface area contributed by atoms with Gasteiger partial charge in [0.15, 0.2) is 0 Å². The van der Waals surface area contributed by atoms with E-state index in [1.54, 1.807) is 6.07 Å². The van der Waals surface area contributed by atoms with Crippen molar-refractivity contribution in [2.24, 2.45) is 0 Å². The van der Waals surface area contributed by atoms with Crippen LogP contribution in [0.1, 0.15) is 27.7 Å². The number of ether oxygens (including phenoxy) is 2. The van der Waals surface area contributed by atoms with E-state index in [0.29, 0.717) is 5.75 Å². The molecule has 1 aromatic heterocycles. The molecule has 0 aliphatic carbocycles. The molecule has 1 atom stereocenters. The van der Waals surface area contributed by atoms with Gasteiger partial charge in [-0.15, -0.1) is 11.3 Å². The van der Waals surface area contributed by atoms with Crippen LogP contribution >= 0.6 is 11.3 Å². The molecule has 0 spiro atoms. The van der Waals surface area contributed by atoms with Gasteiger partial charge < -0.3 is 14.8 Å². The number of amides is 1. The molecule has 0 saturated carbocycles. The van der Waals surface area contributed by atoms with Gasteiger partial charge in [-0.2, -0.15) is 0 Å². The summed E-state index contributed by atoms with van der Waals surface area (Å²) in [6.07, 6.45) is -0.0273. The third-order valence-electron chi connectivity index (χ3n) is 3.21. The molecule has 1 amide bonds. The van der Waals surface area contributed by atoms with Crippen molar-refractivity contribution >= 4 is 23.2 Å². The van der Waals surface area contributed by atoms with Crippen LogP contribution < -0.4 is 10.1 Å². The van der Waals surface area contributed by atoms with E-state index in [4.69, 9.17) is 4.74 Å². The number of thiophene rings is 1. The van der Waals surface area contributed by atoms with Crippen molar-refractivity contribution in [1.29, 1.82) is 0 Å². The highest BCUT2D eigenvalue weighted by Gasteiger charge is 2.22. The van der Waals surface area contributed by atoms with Crippen molar-refractivity contribution in [1.82, 2.24) is 5.32 Å². The van der Waals surface area contributed by atoms with E-state index < -0.39 is 23.7 Å². The van der Waals surface area contributed by atoms with E-state index in [-0.39, 0.29) is 12.0 Å². The monoisotopic (exact) mass is 337 g/mol. The lowest BCUT2D eigenvalue weighted by Gasteiger charge is -2.17. The first kappa shape index (κ1) is 17.0. The number of methoxy groups -OCH3 is 2. The molecule has 2 rings (SSSR count). The zero-order valence-corrected chi connectivity index (χ0v) is 13.5. The van der Waals surface area contributed by atoms with Crippen molar-refractivity contribution in [3.05, 3.63) is 52.0 Å². The van der Waals surface area contributed by atoms with Crippen LogP contribution in [0.4, 0.5) is 4.39 Å². The average Bonchev–Trinajstić information content (AvgIpc) is 3.08. The van der Waals surface area contributed by atoms with Crippen LogP contribution in [0.2, 0.25) is 0 Å². The fourth-order valence-corrected chi connectivity index (χ4v) is 2.78. The first-order chi connectivity index (χ1) is 11.0. The summed E-state index contributed by atoms with van der Waals surface area (Å²) in [5.74, 6) is -1.43. The summed E-state index contributed by atoms with van der Waals surface area (Å²) in [6, 6.07) is 7.00.